The SMILES string of the molecule is NC(=NCc1ccc(N2CCCCCC2)nc1)NCC1CCC1. The van der Waals surface area contributed by atoms with Gasteiger partial charge in [-0.1, -0.05) is 25.3 Å². The average Bonchev–Trinajstić information content (AvgIpc) is 2.81. The molecule has 1 saturated carbocycles. The average molecular weight is 315 g/mol. The van der Waals surface area contributed by atoms with Crippen molar-refractivity contribution >= 4 is 11.8 Å². The predicted octanol–water partition coefficient (Wildman–Crippen LogP) is 2.67. The van der Waals surface area contributed by atoms with Crippen LogP contribution in [0.1, 0.15) is 50.5 Å². The molecule has 5 nitrogen and oxygen atoms in total. The van der Waals surface area contributed by atoms with Crippen molar-refractivity contribution in [2.45, 2.75) is 51.5 Å². The monoisotopic (exact) mass is 315 g/mol. The molecule has 1 aliphatic heterocycles. The molecule has 2 heterocycles. The van der Waals surface area contributed by atoms with Gasteiger partial charge in [0, 0.05) is 25.8 Å². The second kappa shape index (κ2) is 8.18. The highest BCUT2D eigenvalue weighted by molar-refractivity contribution is 5.77. The number of pyridine rings is 1. The van der Waals surface area contributed by atoms with Gasteiger partial charge in [-0.15, -0.1) is 0 Å². The molecule has 1 saturated heterocycles. The first-order valence-electron chi connectivity index (χ1n) is 9.05. The fourth-order valence-corrected chi connectivity index (χ4v) is 3.18. The number of rotatable bonds is 5. The van der Waals surface area contributed by atoms with Gasteiger partial charge in [-0.2, -0.15) is 0 Å². The Bertz CT molecular complexity index is 499. The molecule has 0 aromatic carbocycles. The van der Waals surface area contributed by atoms with Gasteiger partial charge >= 0.3 is 0 Å². The summed E-state index contributed by atoms with van der Waals surface area (Å²) in [6.07, 6.45) is 11.2. The lowest BCUT2D eigenvalue weighted by atomic mass is 9.85. The molecule has 0 bridgehead atoms. The van der Waals surface area contributed by atoms with Crippen LogP contribution in [0.15, 0.2) is 23.3 Å². The van der Waals surface area contributed by atoms with Crippen molar-refractivity contribution in [3.05, 3.63) is 23.9 Å². The summed E-state index contributed by atoms with van der Waals surface area (Å²) in [5.41, 5.74) is 7.03. The molecule has 0 amide bonds. The van der Waals surface area contributed by atoms with Gasteiger partial charge in [-0.25, -0.2) is 9.98 Å². The van der Waals surface area contributed by atoms with E-state index in [9.17, 15) is 0 Å². The molecular weight excluding hydrogens is 286 g/mol. The van der Waals surface area contributed by atoms with E-state index in [0.717, 1.165) is 36.9 Å². The molecule has 1 aromatic heterocycles. The second-order valence-electron chi connectivity index (χ2n) is 6.81. The van der Waals surface area contributed by atoms with Crippen LogP contribution in [0, 0.1) is 5.92 Å². The Labute approximate surface area is 139 Å². The molecule has 3 N–H and O–H groups in total. The lowest BCUT2D eigenvalue weighted by Gasteiger charge is -2.25. The van der Waals surface area contributed by atoms with Crippen molar-refractivity contribution in [1.82, 2.24) is 10.3 Å². The van der Waals surface area contributed by atoms with Crippen LogP contribution in [0.3, 0.4) is 0 Å². The second-order valence-corrected chi connectivity index (χ2v) is 6.81. The van der Waals surface area contributed by atoms with E-state index < -0.39 is 0 Å². The van der Waals surface area contributed by atoms with Gasteiger partial charge in [0.25, 0.3) is 0 Å². The number of hydrogen-bond donors (Lipinski definition) is 2. The zero-order valence-electron chi connectivity index (χ0n) is 14.0. The summed E-state index contributed by atoms with van der Waals surface area (Å²) in [5.74, 6) is 2.43. The summed E-state index contributed by atoms with van der Waals surface area (Å²) in [6.45, 7) is 3.81. The van der Waals surface area contributed by atoms with E-state index in [-0.39, 0.29) is 0 Å². The molecule has 2 aliphatic rings. The number of nitrogens with zero attached hydrogens (tertiary/aromatic N) is 3. The number of aromatic nitrogens is 1. The third-order valence-corrected chi connectivity index (χ3v) is 4.97. The molecule has 0 spiro atoms. The molecule has 3 rings (SSSR count). The van der Waals surface area contributed by atoms with Crippen molar-refractivity contribution in [2.24, 2.45) is 16.6 Å². The minimum atomic E-state index is 0.550. The van der Waals surface area contributed by atoms with E-state index in [1.54, 1.807) is 0 Å². The highest BCUT2D eigenvalue weighted by atomic mass is 15.2. The molecular formula is C18H29N5. The normalized spacial score (nSPS) is 20.0. The van der Waals surface area contributed by atoms with Crippen molar-refractivity contribution in [3.63, 3.8) is 0 Å². The standard InChI is InChI=1S/C18H29N5/c19-18(21-12-15-6-5-7-15)22-14-16-8-9-17(20-13-16)23-10-3-1-2-4-11-23/h8-9,13,15H,1-7,10-12,14H2,(H3,19,21,22). The Kier molecular flexibility index (Phi) is 5.72. The molecule has 5 heteroatoms. The van der Waals surface area contributed by atoms with Crippen LogP contribution < -0.4 is 16.0 Å². The maximum absolute atomic E-state index is 5.92. The van der Waals surface area contributed by atoms with Gasteiger partial charge < -0.3 is 16.0 Å². The van der Waals surface area contributed by atoms with Gasteiger partial charge in [0.05, 0.1) is 6.54 Å². The number of aliphatic imine (C=N–C) groups is 1. The summed E-state index contributed by atoms with van der Waals surface area (Å²) in [4.78, 5) is 11.4. The summed E-state index contributed by atoms with van der Waals surface area (Å²) in [5, 5.41) is 3.22. The third-order valence-electron chi connectivity index (χ3n) is 4.97. The van der Waals surface area contributed by atoms with E-state index >= 15 is 0 Å². The summed E-state index contributed by atoms with van der Waals surface area (Å²) >= 11 is 0. The van der Waals surface area contributed by atoms with Crippen molar-refractivity contribution in [3.8, 4) is 0 Å². The lowest BCUT2D eigenvalue weighted by Crippen LogP contribution is -2.37. The van der Waals surface area contributed by atoms with Crippen molar-refractivity contribution < 1.29 is 0 Å². The molecule has 2 fully saturated rings. The van der Waals surface area contributed by atoms with Crippen LogP contribution in [0.2, 0.25) is 0 Å². The Morgan fingerprint density at radius 2 is 1.96 bits per heavy atom. The van der Waals surface area contributed by atoms with Crippen molar-refractivity contribution in [2.75, 3.05) is 24.5 Å². The molecule has 0 unspecified atom stereocenters. The summed E-state index contributed by atoms with van der Waals surface area (Å²) in [6, 6.07) is 4.24. The molecule has 0 atom stereocenters. The first-order chi connectivity index (χ1) is 11.3. The molecule has 1 aliphatic carbocycles. The minimum absolute atomic E-state index is 0.550. The maximum atomic E-state index is 5.92. The Morgan fingerprint density at radius 1 is 1.17 bits per heavy atom. The van der Waals surface area contributed by atoms with Crippen molar-refractivity contribution in [1.29, 1.82) is 0 Å². The molecule has 23 heavy (non-hydrogen) atoms. The Morgan fingerprint density at radius 3 is 2.57 bits per heavy atom. The van der Waals surface area contributed by atoms with Crippen LogP contribution in [-0.4, -0.2) is 30.6 Å². The number of guanidine groups is 1. The Hall–Kier alpha value is -1.78. The largest absolute Gasteiger partial charge is 0.370 e. The minimum Gasteiger partial charge on any atom is -0.370 e. The van der Waals surface area contributed by atoms with Crippen LogP contribution >= 0.6 is 0 Å². The third kappa shape index (κ3) is 4.85. The van der Waals surface area contributed by atoms with E-state index in [2.05, 4.69) is 32.3 Å². The summed E-state index contributed by atoms with van der Waals surface area (Å²) < 4.78 is 0. The maximum Gasteiger partial charge on any atom is 0.188 e. The fourth-order valence-electron chi connectivity index (χ4n) is 3.18. The van der Waals surface area contributed by atoms with Crippen LogP contribution in [0.25, 0.3) is 0 Å². The van der Waals surface area contributed by atoms with Gasteiger partial charge in [0.15, 0.2) is 5.96 Å². The van der Waals surface area contributed by atoms with Crippen LogP contribution in [-0.2, 0) is 6.54 Å². The van der Waals surface area contributed by atoms with Crippen LogP contribution in [0.4, 0.5) is 5.82 Å². The zero-order valence-corrected chi connectivity index (χ0v) is 14.0. The number of nitrogens with two attached hydrogens (primary N) is 1. The highest BCUT2D eigenvalue weighted by Gasteiger charge is 2.16. The van der Waals surface area contributed by atoms with Gasteiger partial charge in [0.2, 0.25) is 0 Å². The fraction of sp³-hybridized carbons (Fsp3) is 0.667. The number of anilines is 1. The number of hydrogen-bond acceptors (Lipinski definition) is 3. The van der Waals surface area contributed by atoms with E-state index in [1.165, 1.54) is 44.9 Å². The van der Waals surface area contributed by atoms with Gasteiger partial charge in [-0.3, -0.25) is 0 Å². The lowest BCUT2D eigenvalue weighted by molar-refractivity contribution is 0.315. The number of nitrogens with one attached hydrogen (secondary N) is 1. The first kappa shape index (κ1) is 16.1. The Balaban J connectivity index is 1.48. The first-order valence-corrected chi connectivity index (χ1v) is 9.05. The predicted molar refractivity (Wildman–Crippen MR) is 95.6 cm³/mol. The van der Waals surface area contributed by atoms with E-state index in [0.29, 0.717) is 12.5 Å². The molecule has 126 valence electrons. The summed E-state index contributed by atoms with van der Waals surface area (Å²) in [7, 11) is 0. The highest BCUT2D eigenvalue weighted by Crippen LogP contribution is 2.25. The smallest absolute Gasteiger partial charge is 0.188 e. The van der Waals surface area contributed by atoms with E-state index in [4.69, 9.17) is 5.73 Å². The van der Waals surface area contributed by atoms with Crippen LogP contribution in [0.5, 0.6) is 0 Å². The molecule has 0 radical (unpaired) electrons. The van der Waals surface area contributed by atoms with Gasteiger partial charge in [-0.05, 0) is 43.2 Å². The van der Waals surface area contributed by atoms with Gasteiger partial charge in [0.1, 0.15) is 5.82 Å². The molecule has 1 aromatic rings. The quantitative estimate of drug-likeness (QED) is 0.647. The topological polar surface area (TPSA) is 66.5 Å². The van der Waals surface area contributed by atoms with E-state index in [1.807, 2.05) is 6.20 Å². The zero-order chi connectivity index (χ0) is 15.9.